The predicted molar refractivity (Wildman–Crippen MR) is 71.9 cm³/mol. The summed E-state index contributed by atoms with van der Waals surface area (Å²) in [7, 11) is 0. The fraction of sp³-hybridized carbons (Fsp3) is 0.231. The molecule has 2 aromatic heterocycles. The summed E-state index contributed by atoms with van der Waals surface area (Å²) in [5.41, 5.74) is 1.14. The first-order chi connectivity index (χ1) is 8.72. The highest BCUT2D eigenvalue weighted by Crippen LogP contribution is 2.18. The van der Waals surface area contributed by atoms with Crippen LogP contribution in [-0.4, -0.2) is 15.5 Å². The Kier molecular flexibility index (Phi) is 3.99. The number of hydrogen-bond acceptors (Lipinski definition) is 2. The Balaban J connectivity index is 2.17. The lowest BCUT2D eigenvalue weighted by Crippen LogP contribution is -2.17. The van der Waals surface area contributed by atoms with Gasteiger partial charge in [-0.2, -0.15) is 0 Å². The van der Waals surface area contributed by atoms with Crippen LogP contribution in [0.25, 0.3) is 0 Å². The minimum atomic E-state index is -0.177. The molecule has 18 heavy (non-hydrogen) atoms. The van der Waals surface area contributed by atoms with Gasteiger partial charge in [-0.25, -0.2) is 4.98 Å². The summed E-state index contributed by atoms with van der Waals surface area (Å²) in [5, 5.41) is 3.05. The summed E-state index contributed by atoms with van der Waals surface area (Å²) in [6.45, 7) is 2.89. The normalized spacial score (nSPS) is 10.3. The lowest BCUT2D eigenvalue weighted by Gasteiger charge is -2.09. The van der Waals surface area contributed by atoms with Gasteiger partial charge in [0.2, 0.25) is 0 Å². The molecule has 2 heterocycles. The van der Waals surface area contributed by atoms with Crippen LogP contribution in [0.1, 0.15) is 23.8 Å². The Bertz CT molecular complexity index is 551. The second-order valence-corrected chi connectivity index (χ2v) is 4.24. The second kappa shape index (κ2) is 5.69. The van der Waals surface area contributed by atoms with E-state index in [1.165, 1.54) is 0 Å². The Morgan fingerprint density at radius 1 is 1.44 bits per heavy atom. The highest BCUT2D eigenvalue weighted by Gasteiger charge is 2.12. The van der Waals surface area contributed by atoms with Crippen LogP contribution in [0.4, 0.5) is 5.69 Å². The molecule has 0 radical (unpaired) electrons. The van der Waals surface area contributed by atoms with Gasteiger partial charge in [0.1, 0.15) is 5.69 Å². The Morgan fingerprint density at radius 2 is 2.28 bits per heavy atom. The number of hydrogen-bond donors (Lipinski definition) is 1. The molecule has 0 aliphatic rings. The number of pyridine rings is 1. The van der Waals surface area contributed by atoms with Crippen LogP contribution in [-0.2, 0) is 6.54 Å². The number of carbonyl (C=O) groups is 1. The molecule has 0 fully saturated rings. The van der Waals surface area contributed by atoms with Crippen LogP contribution in [0.5, 0.6) is 0 Å². The van der Waals surface area contributed by atoms with Gasteiger partial charge in [-0.1, -0.05) is 18.5 Å². The van der Waals surface area contributed by atoms with Crippen molar-refractivity contribution >= 4 is 23.2 Å². The van der Waals surface area contributed by atoms with Gasteiger partial charge in [0, 0.05) is 18.9 Å². The molecular weight excluding hydrogens is 250 g/mol. The highest BCUT2D eigenvalue weighted by atomic mass is 35.5. The van der Waals surface area contributed by atoms with Gasteiger partial charge in [-0.05, 0) is 30.7 Å². The zero-order valence-electron chi connectivity index (χ0n) is 10.1. The summed E-state index contributed by atoms with van der Waals surface area (Å²) in [6, 6.07) is 7.09. The first-order valence-corrected chi connectivity index (χ1v) is 6.17. The summed E-state index contributed by atoms with van der Waals surface area (Å²) in [5.74, 6) is -0.177. The predicted octanol–water partition coefficient (Wildman–Crippen LogP) is 3.20. The number of aryl methyl sites for hydroxylation is 1. The lowest BCUT2D eigenvalue weighted by molar-refractivity contribution is 0.101. The smallest absolute Gasteiger partial charge is 0.272 e. The van der Waals surface area contributed by atoms with Gasteiger partial charge in [-0.3, -0.25) is 4.79 Å². The number of rotatable bonds is 4. The van der Waals surface area contributed by atoms with Crippen molar-refractivity contribution in [2.45, 2.75) is 19.9 Å². The molecule has 0 unspecified atom stereocenters. The van der Waals surface area contributed by atoms with Crippen molar-refractivity contribution in [3.8, 4) is 0 Å². The third kappa shape index (κ3) is 2.71. The molecular formula is C13H14ClN3O. The third-order valence-corrected chi connectivity index (χ3v) is 2.84. The SMILES string of the molecule is CCCn1cccc1C(=O)Nc1cccnc1Cl. The average Bonchev–Trinajstić information content (AvgIpc) is 2.81. The summed E-state index contributed by atoms with van der Waals surface area (Å²) in [4.78, 5) is 16.0. The highest BCUT2D eigenvalue weighted by molar-refractivity contribution is 6.32. The van der Waals surface area contributed by atoms with Crippen LogP contribution < -0.4 is 5.32 Å². The van der Waals surface area contributed by atoms with E-state index in [2.05, 4.69) is 17.2 Å². The molecule has 0 bridgehead atoms. The van der Waals surface area contributed by atoms with Gasteiger partial charge < -0.3 is 9.88 Å². The molecule has 0 aromatic carbocycles. The first kappa shape index (κ1) is 12.6. The van der Waals surface area contributed by atoms with Crippen molar-refractivity contribution < 1.29 is 4.79 Å². The molecule has 0 atom stereocenters. The molecule has 4 nitrogen and oxygen atoms in total. The van der Waals surface area contributed by atoms with E-state index in [0.29, 0.717) is 16.5 Å². The number of nitrogens with zero attached hydrogens (tertiary/aromatic N) is 2. The summed E-state index contributed by atoms with van der Waals surface area (Å²) in [6.07, 6.45) is 4.45. The molecule has 0 aliphatic carbocycles. The monoisotopic (exact) mass is 263 g/mol. The number of anilines is 1. The van der Waals surface area contributed by atoms with E-state index in [9.17, 15) is 4.79 Å². The Morgan fingerprint density at radius 3 is 3.00 bits per heavy atom. The van der Waals surface area contributed by atoms with Crippen molar-refractivity contribution in [1.82, 2.24) is 9.55 Å². The number of carbonyl (C=O) groups excluding carboxylic acids is 1. The zero-order valence-corrected chi connectivity index (χ0v) is 10.8. The fourth-order valence-corrected chi connectivity index (χ4v) is 1.89. The molecule has 0 spiro atoms. The maximum atomic E-state index is 12.1. The molecule has 0 saturated heterocycles. The van der Waals surface area contributed by atoms with E-state index in [0.717, 1.165) is 13.0 Å². The van der Waals surface area contributed by atoms with E-state index in [1.807, 2.05) is 16.8 Å². The van der Waals surface area contributed by atoms with Gasteiger partial charge in [0.05, 0.1) is 5.69 Å². The number of aromatic nitrogens is 2. The Labute approximate surface area is 111 Å². The molecule has 1 amide bonds. The molecule has 0 aliphatic heterocycles. The molecule has 1 N–H and O–H groups in total. The van der Waals surface area contributed by atoms with Crippen LogP contribution in [0.2, 0.25) is 5.15 Å². The molecule has 94 valence electrons. The standard InChI is InChI=1S/C13H14ClN3O/c1-2-8-17-9-4-6-11(17)13(18)16-10-5-3-7-15-12(10)14/h3-7,9H,2,8H2,1H3,(H,16,18). The van der Waals surface area contributed by atoms with Gasteiger partial charge >= 0.3 is 0 Å². The molecule has 2 aromatic rings. The van der Waals surface area contributed by atoms with Crippen molar-refractivity contribution in [3.05, 3.63) is 47.5 Å². The molecule has 5 heteroatoms. The third-order valence-electron chi connectivity index (χ3n) is 2.53. The molecule has 0 saturated carbocycles. The zero-order chi connectivity index (χ0) is 13.0. The summed E-state index contributed by atoms with van der Waals surface area (Å²) < 4.78 is 1.92. The van der Waals surface area contributed by atoms with E-state index >= 15 is 0 Å². The van der Waals surface area contributed by atoms with Crippen molar-refractivity contribution in [2.75, 3.05) is 5.32 Å². The number of amides is 1. The van der Waals surface area contributed by atoms with Crippen LogP contribution in [0.15, 0.2) is 36.7 Å². The van der Waals surface area contributed by atoms with E-state index in [4.69, 9.17) is 11.6 Å². The van der Waals surface area contributed by atoms with Crippen molar-refractivity contribution in [1.29, 1.82) is 0 Å². The minimum Gasteiger partial charge on any atom is -0.344 e. The first-order valence-electron chi connectivity index (χ1n) is 5.79. The van der Waals surface area contributed by atoms with Crippen LogP contribution >= 0.6 is 11.6 Å². The van der Waals surface area contributed by atoms with Gasteiger partial charge in [0.25, 0.3) is 5.91 Å². The van der Waals surface area contributed by atoms with E-state index in [1.54, 1.807) is 24.4 Å². The van der Waals surface area contributed by atoms with E-state index in [-0.39, 0.29) is 5.91 Å². The van der Waals surface area contributed by atoms with Crippen LogP contribution in [0.3, 0.4) is 0 Å². The minimum absolute atomic E-state index is 0.177. The summed E-state index contributed by atoms with van der Waals surface area (Å²) >= 11 is 5.90. The fourth-order valence-electron chi connectivity index (χ4n) is 1.72. The van der Waals surface area contributed by atoms with Crippen LogP contribution in [0, 0.1) is 0 Å². The maximum Gasteiger partial charge on any atom is 0.272 e. The van der Waals surface area contributed by atoms with Crippen molar-refractivity contribution in [2.24, 2.45) is 0 Å². The number of halogens is 1. The van der Waals surface area contributed by atoms with Crippen molar-refractivity contribution in [3.63, 3.8) is 0 Å². The number of nitrogens with one attached hydrogen (secondary N) is 1. The average molecular weight is 264 g/mol. The Hall–Kier alpha value is -1.81. The largest absolute Gasteiger partial charge is 0.344 e. The topological polar surface area (TPSA) is 46.9 Å². The van der Waals surface area contributed by atoms with Gasteiger partial charge in [-0.15, -0.1) is 0 Å². The maximum absolute atomic E-state index is 12.1. The second-order valence-electron chi connectivity index (χ2n) is 3.88. The van der Waals surface area contributed by atoms with E-state index < -0.39 is 0 Å². The lowest BCUT2D eigenvalue weighted by atomic mass is 10.3. The van der Waals surface area contributed by atoms with Gasteiger partial charge in [0.15, 0.2) is 5.15 Å². The molecule has 2 rings (SSSR count). The quantitative estimate of drug-likeness (QED) is 0.861.